The number of aryl methyl sites for hydroxylation is 2. The van der Waals surface area contributed by atoms with E-state index in [0.29, 0.717) is 24.2 Å². The van der Waals surface area contributed by atoms with Crippen LogP contribution < -0.4 is 15.8 Å². The van der Waals surface area contributed by atoms with Crippen molar-refractivity contribution in [3.8, 4) is 17.1 Å². The second-order valence-electron chi connectivity index (χ2n) is 6.81. The van der Waals surface area contributed by atoms with E-state index in [1.165, 1.54) is 5.56 Å². The Balaban J connectivity index is 1.36. The van der Waals surface area contributed by atoms with Crippen LogP contribution in [-0.4, -0.2) is 29.8 Å². The fourth-order valence-electron chi connectivity index (χ4n) is 2.80. The highest BCUT2D eigenvalue weighted by Crippen LogP contribution is 2.20. The van der Waals surface area contributed by atoms with Crippen molar-refractivity contribution >= 4 is 11.6 Å². The van der Waals surface area contributed by atoms with E-state index in [-0.39, 0.29) is 0 Å². The van der Waals surface area contributed by atoms with Gasteiger partial charge in [-0.25, -0.2) is 0 Å². The van der Waals surface area contributed by atoms with E-state index < -0.39 is 0 Å². The first kappa shape index (κ1) is 20.4. The van der Waals surface area contributed by atoms with Gasteiger partial charge in [-0.05, 0) is 56.2 Å². The average Bonchev–Trinajstić information content (AvgIpc) is 3.21. The van der Waals surface area contributed by atoms with Crippen molar-refractivity contribution in [1.29, 1.82) is 0 Å². The zero-order valence-electron chi connectivity index (χ0n) is 16.9. The summed E-state index contributed by atoms with van der Waals surface area (Å²) in [4.78, 5) is 8.82. The number of aromatic nitrogens is 2. The first-order chi connectivity index (χ1) is 14.1. The number of rotatable bonds is 9. The number of hydrogen-bond donors (Lipinski definition) is 2. The van der Waals surface area contributed by atoms with Gasteiger partial charge in [0.2, 0.25) is 11.7 Å². The summed E-state index contributed by atoms with van der Waals surface area (Å²) in [5.74, 6) is 2.49. The zero-order chi connectivity index (χ0) is 20.5. The average molecular weight is 393 g/mol. The number of benzene rings is 2. The van der Waals surface area contributed by atoms with E-state index in [4.69, 9.17) is 15.0 Å². The zero-order valence-corrected chi connectivity index (χ0v) is 16.9. The maximum Gasteiger partial charge on any atom is 0.226 e. The Morgan fingerprint density at radius 1 is 1.07 bits per heavy atom. The molecule has 2 aromatic carbocycles. The smallest absolute Gasteiger partial charge is 0.226 e. The van der Waals surface area contributed by atoms with Gasteiger partial charge in [0, 0.05) is 24.2 Å². The number of nitrogens with zero attached hydrogens (tertiary/aromatic N) is 3. The molecule has 3 rings (SSSR count). The Morgan fingerprint density at radius 3 is 2.55 bits per heavy atom. The third-order valence-corrected chi connectivity index (χ3v) is 4.47. The number of hydrogen-bond acceptors (Lipinski definition) is 5. The lowest BCUT2D eigenvalue weighted by molar-refractivity contribution is 0.374. The fraction of sp³-hybridized carbons (Fsp3) is 0.318. The monoisotopic (exact) mass is 393 g/mol. The summed E-state index contributed by atoms with van der Waals surface area (Å²) in [6.45, 7) is 2.74. The molecule has 0 saturated heterocycles. The van der Waals surface area contributed by atoms with Crippen LogP contribution in [0.15, 0.2) is 58.0 Å². The van der Waals surface area contributed by atoms with E-state index in [1.807, 2.05) is 48.5 Å². The minimum Gasteiger partial charge on any atom is -0.497 e. The number of anilines is 1. The Kier molecular flexibility index (Phi) is 7.22. The quantitative estimate of drug-likeness (QED) is 0.321. The van der Waals surface area contributed by atoms with Crippen LogP contribution in [0.5, 0.6) is 5.75 Å². The molecule has 0 bridgehead atoms. The van der Waals surface area contributed by atoms with E-state index in [9.17, 15) is 0 Å². The Bertz CT molecular complexity index is 917. The molecule has 0 aliphatic carbocycles. The van der Waals surface area contributed by atoms with Gasteiger partial charge in [-0.3, -0.25) is 4.99 Å². The number of ether oxygens (including phenoxy) is 1. The molecule has 7 heteroatoms. The van der Waals surface area contributed by atoms with Gasteiger partial charge in [-0.15, -0.1) is 0 Å². The standard InChI is InChI=1S/C22H27N5O2/c1-16-7-11-18(12-8-16)25-22(23)24-15-5-3-4-6-20-26-21(27-29-20)17-9-13-19(28-2)14-10-17/h7-14H,3-6,15H2,1-2H3,(H3,23,24,25). The number of guanidine groups is 1. The molecule has 7 nitrogen and oxygen atoms in total. The molecule has 0 radical (unpaired) electrons. The lowest BCUT2D eigenvalue weighted by Crippen LogP contribution is -2.22. The van der Waals surface area contributed by atoms with Crippen LogP contribution in [0, 0.1) is 6.92 Å². The third kappa shape index (κ3) is 6.34. The van der Waals surface area contributed by atoms with Gasteiger partial charge < -0.3 is 20.3 Å². The number of methoxy groups -OCH3 is 1. The summed E-state index contributed by atoms with van der Waals surface area (Å²) in [7, 11) is 1.64. The summed E-state index contributed by atoms with van der Waals surface area (Å²) < 4.78 is 10.5. The SMILES string of the molecule is COc1ccc(-c2noc(CCCCCN=C(N)Nc3ccc(C)cc3)n2)cc1. The highest BCUT2D eigenvalue weighted by molar-refractivity contribution is 5.92. The molecule has 0 saturated carbocycles. The molecule has 0 aliphatic heterocycles. The molecule has 0 unspecified atom stereocenters. The van der Waals surface area contributed by atoms with E-state index in [1.54, 1.807) is 7.11 Å². The summed E-state index contributed by atoms with van der Waals surface area (Å²) in [5.41, 5.74) is 8.99. The number of nitrogens with two attached hydrogens (primary N) is 1. The van der Waals surface area contributed by atoms with Gasteiger partial charge in [0.1, 0.15) is 5.75 Å². The molecule has 3 aromatic rings. The van der Waals surface area contributed by atoms with Crippen LogP contribution in [0.3, 0.4) is 0 Å². The number of aliphatic imine (C=N–C) groups is 1. The Morgan fingerprint density at radius 2 is 1.83 bits per heavy atom. The van der Waals surface area contributed by atoms with E-state index >= 15 is 0 Å². The van der Waals surface area contributed by atoms with Crippen molar-refractivity contribution in [1.82, 2.24) is 10.1 Å². The Hall–Kier alpha value is -3.35. The second-order valence-corrected chi connectivity index (χ2v) is 6.81. The summed E-state index contributed by atoms with van der Waals surface area (Å²) in [6, 6.07) is 15.6. The van der Waals surface area contributed by atoms with Crippen LogP contribution in [0.1, 0.15) is 30.7 Å². The van der Waals surface area contributed by atoms with Crippen molar-refractivity contribution in [2.24, 2.45) is 10.7 Å². The molecule has 1 aromatic heterocycles. The molecule has 1 heterocycles. The molecule has 0 aliphatic rings. The number of unbranched alkanes of at least 4 members (excludes halogenated alkanes) is 2. The number of nitrogens with one attached hydrogen (secondary N) is 1. The lowest BCUT2D eigenvalue weighted by Gasteiger charge is -2.05. The highest BCUT2D eigenvalue weighted by atomic mass is 16.5. The van der Waals surface area contributed by atoms with Crippen molar-refractivity contribution < 1.29 is 9.26 Å². The second kappa shape index (κ2) is 10.3. The van der Waals surface area contributed by atoms with Crippen LogP contribution >= 0.6 is 0 Å². The molecule has 152 valence electrons. The summed E-state index contributed by atoms with van der Waals surface area (Å²) in [6.07, 6.45) is 3.69. The van der Waals surface area contributed by atoms with Gasteiger partial charge >= 0.3 is 0 Å². The molecule has 0 atom stereocenters. The molecule has 0 spiro atoms. The Labute approximate surface area is 171 Å². The van der Waals surface area contributed by atoms with Crippen molar-refractivity contribution in [3.05, 3.63) is 60.0 Å². The van der Waals surface area contributed by atoms with Crippen LogP contribution in [0.25, 0.3) is 11.4 Å². The minimum absolute atomic E-state index is 0.440. The van der Waals surface area contributed by atoms with Crippen molar-refractivity contribution in [2.45, 2.75) is 32.6 Å². The molecule has 0 fully saturated rings. The summed E-state index contributed by atoms with van der Waals surface area (Å²) >= 11 is 0. The van der Waals surface area contributed by atoms with Gasteiger partial charge in [0.25, 0.3) is 0 Å². The van der Waals surface area contributed by atoms with Crippen molar-refractivity contribution in [3.63, 3.8) is 0 Å². The molecule has 3 N–H and O–H groups in total. The van der Waals surface area contributed by atoms with Crippen LogP contribution in [0.4, 0.5) is 5.69 Å². The normalized spacial score (nSPS) is 11.4. The first-order valence-electron chi connectivity index (χ1n) is 9.74. The van der Waals surface area contributed by atoms with Gasteiger partial charge in [-0.2, -0.15) is 4.98 Å². The maximum absolute atomic E-state index is 5.92. The maximum atomic E-state index is 5.92. The molecular formula is C22H27N5O2. The predicted octanol–water partition coefficient (Wildman–Crippen LogP) is 4.19. The van der Waals surface area contributed by atoms with Crippen LogP contribution in [0.2, 0.25) is 0 Å². The highest BCUT2D eigenvalue weighted by Gasteiger charge is 2.08. The molecule has 29 heavy (non-hydrogen) atoms. The predicted molar refractivity (Wildman–Crippen MR) is 115 cm³/mol. The fourth-order valence-corrected chi connectivity index (χ4v) is 2.80. The molecular weight excluding hydrogens is 366 g/mol. The largest absolute Gasteiger partial charge is 0.497 e. The first-order valence-corrected chi connectivity index (χ1v) is 9.74. The van der Waals surface area contributed by atoms with Crippen molar-refractivity contribution in [2.75, 3.05) is 19.0 Å². The minimum atomic E-state index is 0.440. The van der Waals surface area contributed by atoms with Gasteiger partial charge in [-0.1, -0.05) is 29.3 Å². The molecule has 0 amide bonds. The lowest BCUT2D eigenvalue weighted by atomic mass is 10.2. The van der Waals surface area contributed by atoms with E-state index in [2.05, 4.69) is 27.4 Å². The van der Waals surface area contributed by atoms with E-state index in [0.717, 1.165) is 42.7 Å². The van der Waals surface area contributed by atoms with Crippen LogP contribution in [-0.2, 0) is 6.42 Å². The van der Waals surface area contributed by atoms with Gasteiger partial charge in [0.05, 0.1) is 7.11 Å². The summed E-state index contributed by atoms with van der Waals surface area (Å²) in [5, 5.41) is 7.15. The van der Waals surface area contributed by atoms with Gasteiger partial charge in [0.15, 0.2) is 5.96 Å². The third-order valence-electron chi connectivity index (χ3n) is 4.47. The topological polar surface area (TPSA) is 98.6 Å².